The first-order valence-electron chi connectivity index (χ1n) is 9.16. The van der Waals surface area contributed by atoms with Crippen molar-refractivity contribution in [2.24, 2.45) is 0 Å². The molecule has 2 aromatic heterocycles. The third-order valence-electron chi connectivity index (χ3n) is 4.96. The van der Waals surface area contributed by atoms with Crippen molar-refractivity contribution in [1.29, 1.82) is 0 Å². The Hall–Kier alpha value is -3.51. The first kappa shape index (κ1) is 17.6. The average Bonchev–Trinajstić information content (AvgIpc) is 3.11. The average molecular weight is 400 g/mol. The first-order valence-corrected chi connectivity index (χ1v) is 10.0. The van der Waals surface area contributed by atoms with Crippen LogP contribution < -0.4 is 5.56 Å². The van der Waals surface area contributed by atoms with E-state index in [9.17, 15) is 9.59 Å². The molecule has 0 N–H and O–H groups in total. The van der Waals surface area contributed by atoms with Gasteiger partial charge in [-0.25, -0.2) is 9.78 Å². The lowest BCUT2D eigenvalue weighted by atomic mass is 9.97. The normalized spacial score (nSPS) is 11.3. The number of nitrogens with zero attached hydrogens (tertiary/aromatic N) is 2. The molecule has 5 aromatic rings. The number of aryl methyl sites for hydroxylation is 1. The molecule has 5 nitrogen and oxygen atoms in total. The zero-order valence-electron chi connectivity index (χ0n) is 15.6. The van der Waals surface area contributed by atoms with Crippen molar-refractivity contribution >= 4 is 43.8 Å². The molecule has 0 amide bonds. The number of hydrogen-bond acceptors (Lipinski definition) is 5. The van der Waals surface area contributed by atoms with E-state index in [0.717, 1.165) is 27.2 Å². The molecule has 0 spiro atoms. The molecule has 0 bridgehead atoms. The van der Waals surface area contributed by atoms with Crippen LogP contribution >= 0.6 is 11.3 Å². The number of rotatable bonds is 3. The second-order valence-corrected chi connectivity index (χ2v) is 7.69. The fourth-order valence-electron chi connectivity index (χ4n) is 3.62. The van der Waals surface area contributed by atoms with Crippen molar-refractivity contribution in [3.63, 3.8) is 0 Å². The molecule has 29 heavy (non-hydrogen) atoms. The molecule has 0 radical (unpaired) electrons. The smallest absolute Gasteiger partial charge is 0.339 e. The van der Waals surface area contributed by atoms with Gasteiger partial charge in [-0.15, -0.1) is 11.3 Å². The van der Waals surface area contributed by atoms with E-state index in [1.54, 1.807) is 4.40 Å². The largest absolute Gasteiger partial charge is 0.456 e. The van der Waals surface area contributed by atoms with Crippen molar-refractivity contribution in [3.8, 4) is 0 Å². The van der Waals surface area contributed by atoms with Gasteiger partial charge in [0.25, 0.3) is 5.56 Å². The lowest BCUT2D eigenvalue weighted by molar-refractivity contribution is 0.0472. The predicted octanol–water partition coefficient (Wildman–Crippen LogP) is 4.73. The number of fused-ring (bicyclic) bond motifs is 3. The van der Waals surface area contributed by atoms with Gasteiger partial charge in [-0.3, -0.25) is 9.20 Å². The van der Waals surface area contributed by atoms with Gasteiger partial charge in [-0.1, -0.05) is 48.5 Å². The van der Waals surface area contributed by atoms with Gasteiger partial charge in [-0.2, -0.15) is 0 Å². The van der Waals surface area contributed by atoms with Gasteiger partial charge in [0.15, 0.2) is 4.96 Å². The van der Waals surface area contributed by atoms with Gasteiger partial charge in [-0.05, 0) is 34.5 Å². The maximum Gasteiger partial charge on any atom is 0.339 e. The van der Waals surface area contributed by atoms with Crippen molar-refractivity contribution in [1.82, 2.24) is 9.38 Å². The van der Waals surface area contributed by atoms with E-state index in [1.807, 2.05) is 60.8 Å². The van der Waals surface area contributed by atoms with Gasteiger partial charge in [0.1, 0.15) is 6.61 Å². The van der Waals surface area contributed by atoms with Gasteiger partial charge >= 0.3 is 5.97 Å². The zero-order valence-corrected chi connectivity index (χ0v) is 16.4. The van der Waals surface area contributed by atoms with Gasteiger partial charge in [0, 0.05) is 17.1 Å². The standard InChI is InChI=1S/C23H16N2O3S/c1-14-13-29-23-24-17(11-20(26)25(14)23)12-28-22(27)21-18-8-4-2-6-15(18)10-16-7-3-5-9-19(16)21/h2-11,13H,12H2,1H3. The highest BCUT2D eigenvalue weighted by Gasteiger charge is 2.17. The molecule has 6 heteroatoms. The Morgan fingerprint density at radius 3 is 2.38 bits per heavy atom. The third-order valence-corrected chi connectivity index (χ3v) is 5.90. The number of benzene rings is 3. The van der Waals surface area contributed by atoms with Crippen LogP contribution in [-0.2, 0) is 11.3 Å². The number of carbonyl (C=O) groups is 1. The Kier molecular flexibility index (Phi) is 4.14. The van der Waals surface area contributed by atoms with E-state index < -0.39 is 5.97 Å². The van der Waals surface area contributed by atoms with Crippen molar-refractivity contribution < 1.29 is 9.53 Å². The van der Waals surface area contributed by atoms with Gasteiger partial charge < -0.3 is 4.74 Å². The molecule has 0 aliphatic heterocycles. The number of thiazole rings is 1. The summed E-state index contributed by atoms with van der Waals surface area (Å²) in [5.74, 6) is -0.428. The lowest BCUT2D eigenvalue weighted by Crippen LogP contribution is -2.16. The van der Waals surface area contributed by atoms with Gasteiger partial charge in [0.05, 0.1) is 11.3 Å². The number of aromatic nitrogens is 2. The minimum atomic E-state index is -0.428. The zero-order chi connectivity index (χ0) is 20.0. The van der Waals surface area contributed by atoms with Crippen LogP contribution in [0.3, 0.4) is 0 Å². The van der Waals surface area contributed by atoms with E-state index in [0.29, 0.717) is 16.2 Å². The number of ether oxygens (including phenoxy) is 1. The highest BCUT2D eigenvalue weighted by molar-refractivity contribution is 7.15. The number of esters is 1. The van der Waals surface area contributed by atoms with Crippen molar-refractivity contribution in [2.45, 2.75) is 13.5 Å². The molecule has 2 heterocycles. The van der Waals surface area contributed by atoms with Gasteiger partial charge in [0.2, 0.25) is 0 Å². The quantitative estimate of drug-likeness (QED) is 0.325. The molecule has 142 valence electrons. The van der Waals surface area contributed by atoms with E-state index in [4.69, 9.17) is 4.74 Å². The molecule has 0 saturated heterocycles. The Morgan fingerprint density at radius 2 is 1.69 bits per heavy atom. The van der Waals surface area contributed by atoms with Crippen LogP contribution in [0.5, 0.6) is 0 Å². The summed E-state index contributed by atoms with van der Waals surface area (Å²) in [7, 11) is 0. The second kappa shape index (κ2) is 6.83. The lowest BCUT2D eigenvalue weighted by Gasteiger charge is -2.11. The van der Waals surface area contributed by atoms with Crippen molar-refractivity contribution in [3.05, 3.63) is 93.3 Å². The summed E-state index contributed by atoms with van der Waals surface area (Å²) in [6, 6.07) is 19.0. The first-order chi connectivity index (χ1) is 14.1. The minimum Gasteiger partial charge on any atom is -0.456 e. The molecule has 0 saturated carbocycles. The van der Waals surface area contributed by atoms with E-state index in [1.165, 1.54) is 17.4 Å². The van der Waals surface area contributed by atoms with E-state index in [2.05, 4.69) is 11.1 Å². The van der Waals surface area contributed by atoms with Crippen LogP contribution in [0.4, 0.5) is 0 Å². The van der Waals surface area contributed by atoms with E-state index in [-0.39, 0.29) is 12.2 Å². The Labute approximate surface area is 169 Å². The summed E-state index contributed by atoms with van der Waals surface area (Å²) in [6.45, 7) is 1.80. The molecule has 3 aromatic carbocycles. The molecular formula is C23H16N2O3S. The van der Waals surface area contributed by atoms with Crippen LogP contribution in [0.1, 0.15) is 21.7 Å². The fourth-order valence-corrected chi connectivity index (χ4v) is 4.51. The molecule has 0 unspecified atom stereocenters. The Balaban J connectivity index is 1.54. The predicted molar refractivity (Wildman–Crippen MR) is 115 cm³/mol. The molecule has 0 atom stereocenters. The molecular weight excluding hydrogens is 384 g/mol. The number of carbonyl (C=O) groups excluding carboxylic acids is 1. The summed E-state index contributed by atoms with van der Waals surface area (Å²) in [4.78, 5) is 30.4. The second-order valence-electron chi connectivity index (χ2n) is 6.85. The Bertz CT molecular complexity index is 1410. The van der Waals surface area contributed by atoms with Crippen LogP contribution in [-0.4, -0.2) is 15.4 Å². The fraction of sp³-hybridized carbons (Fsp3) is 0.0870. The van der Waals surface area contributed by atoms with Crippen LogP contribution in [0.25, 0.3) is 26.5 Å². The highest BCUT2D eigenvalue weighted by Crippen LogP contribution is 2.29. The Morgan fingerprint density at radius 1 is 1.03 bits per heavy atom. The molecule has 0 aliphatic carbocycles. The summed E-state index contributed by atoms with van der Waals surface area (Å²) in [6.07, 6.45) is 0. The topological polar surface area (TPSA) is 60.7 Å². The van der Waals surface area contributed by atoms with Crippen LogP contribution in [0, 0.1) is 6.92 Å². The summed E-state index contributed by atoms with van der Waals surface area (Å²) >= 11 is 1.39. The third kappa shape index (κ3) is 2.98. The summed E-state index contributed by atoms with van der Waals surface area (Å²) in [5.41, 5.74) is 1.64. The molecule has 0 fully saturated rings. The maximum atomic E-state index is 13.1. The highest BCUT2D eigenvalue weighted by atomic mass is 32.1. The van der Waals surface area contributed by atoms with Crippen LogP contribution in [0.2, 0.25) is 0 Å². The molecule has 5 rings (SSSR count). The SMILES string of the molecule is Cc1csc2nc(COC(=O)c3c4ccccc4cc4ccccc34)cc(=O)n12. The van der Waals surface area contributed by atoms with Crippen LogP contribution in [0.15, 0.2) is 70.8 Å². The summed E-state index contributed by atoms with van der Waals surface area (Å²) in [5, 5.41) is 5.51. The summed E-state index contributed by atoms with van der Waals surface area (Å²) < 4.78 is 7.15. The molecule has 0 aliphatic rings. The van der Waals surface area contributed by atoms with Crippen molar-refractivity contribution in [2.75, 3.05) is 0 Å². The number of hydrogen-bond donors (Lipinski definition) is 0. The monoisotopic (exact) mass is 400 g/mol. The van der Waals surface area contributed by atoms with E-state index >= 15 is 0 Å². The minimum absolute atomic E-state index is 0.0565. The maximum absolute atomic E-state index is 13.1.